The average Bonchev–Trinajstić information content (AvgIpc) is 2.90. The van der Waals surface area contributed by atoms with Crippen LogP contribution in [0.4, 0.5) is 0 Å². The lowest BCUT2D eigenvalue weighted by atomic mass is 10.1. The maximum Gasteiger partial charge on any atom is 0.134 e. The van der Waals surface area contributed by atoms with Gasteiger partial charge in [0.2, 0.25) is 0 Å². The highest BCUT2D eigenvalue weighted by Crippen LogP contribution is 2.29. The summed E-state index contributed by atoms with van der Waals surface area (Å²) in [6.45, 7) is 0.885. The van der Waals surface area contributed by atoms with Gasteiger partial charge in [-0.05, 0) is 29.8 Å². The predicted octanol–water partition coefficient (Wildman–Crippen LogP) is 2.27. The second kappa shape index (κ2) is 5.61. The smallest absolute Gasteiger partial charge is 0.134 e. The predicted molar refractivity (Wildman–Crippen MR) is 73.7 cm³/mol. The van der Waals surface area contributed by atoms with Crippen LogP contribution in [-0.4, -0.2) is 29.1 Å². The van der Waals surface area contributed by atoms with Crippen LogP contribution in [0, 0.1) is 0 Å². The first-order chi connectivity index (χ1) is 9.86. The van der Waals surface area contributed by atoms with Crippen molar-refractivity contribution in [2.75, 3.05) is 13.2 Å². The van der Waals surface area contributed by atoms with Gasteiger partial charge in [0.05, 0.1) is 6.61 Å². The molecule has 102 valence electrons. The summed E-state index contributed by atoms with van der Waals surface area (Å²) < 4.78 is 11.1. The molecule has 1 aliphatic heterocycles. The zero-order valence-electron chi connectivity index (χ0n) is 10.8. The van der Waals surface area contributed by atoms with Crippen molar-refractivity contribution in [3.8, 4) is 11.5 Å². The zero-order chi connectivity index (χ0) is 13.8. The Bertz CT molecular complexity index is 626. The first-order valence-corrected chi connectivity index (χ1v) is 6.36. The quantitative estimate of drug-likeness (QED) is 0.683. The van der Waals surface area contributed by atoms with Crippen molar-refractivity contribution in [2.24, 2.45) is 5.16 Å². The summed E-state index contributed by atoms with van der Waals surface area (Å²) in [7, 11) is 0. The van der Waals surface area contributed by atoms with Gasteiger partial charge in [-0.3, -0.25) is 4.98 Å². The van der Waals surface area contributed by atoms with Gasteiger partial charge in [-0.25, -0.2) is 0 Å². The van der Waals surface area contributed by atoms with Crippen molar-refractivity contribution < 1.29 is 14.7 Å². The summed E-state index contributed by atoms with van der Waals surface area (Å²) in [6, 6.07) is 9.46. The Morgan fingerprint density at radius 3 is 2.90 bits per heavy atom. The lowest BCUT2D eigenvalue weighted by molar-refractivity contribution is 0.312. The molecule has 0 amide bonds. The van der Waals surface area contributed by atoms with E-state index in [2.05, 4.69) is 10.1 Å². The van der Waals surface area contributed by atoms with Gasteiger partial charge in [-0.1, -0.05) is 5.16 Å². The molecule has 5 heteroatoms. The van der Waals surface area contributed by atoms with Crippen LogP contribution in [-0.2, 0) is 6.42 Å². The number of nitrogens with zero attached hydrogens (tertiary/aromatic N) is 2. The molecule has 0 fully saturated rings. The monoisotopic (exact) mass is 270 g/mol. The molecular weight excluding hydrogens is 256 g/mol. The number of hydrogen-bond donors (Lipinski definition) is 1. The maximum atomic E-state index is 8.82. The summed E-state index contributed by atoms with van der Waals surface area (Å²) in [5, 5.41) is 12.0. The first-order valence-electron chi connectivity index (χ1n) is 6.36. The number of aromatic nitrogens is 1. The third-order valence-corrected chi connectivity index (χ3v) is 3.16. The molecule has 0 atom stereocenters. The Morgan fingerprint density at radius 1 is 1.25 bits per heavy atom. The van der Waals surface area contributed by atoms with E-state index in [-0.39, 0.29) is 0 Å². The summed E-state index contributed by atoms with van der Waals surface area (Å²) >= 11 is 0. The molecule has 0 spiro atoms. The highest BCUT2D eigenvalue weighted by atomic mass is 16.5. The van der Waals surface area contributed by atoms with Crippen LogP contribution in [0.15, 0.2) is 47.9 Å². The zero-order valence-corrected chi connectivity index (χ0v) is 10.8. The number of pyridine rings is 1. The molecule has 0 radical (unpaired) electrons. The fraction of sp³-hybridized carbons (Fsp3) is 0.200. The minimum atomic E-state index is 0.298. The SMILES string of the molecule is ON=C1COc2cc(OCCc3ccncc3)ccc21. The topological polar surface area (TPSA) is 63.9 Å². The lowest BCUT2D eigenvalue weighted by Crippen LogP contribution is -2.02. The van der Waals surface area contributed by atoms with Gasteiger partial charge in [0.25, 0.3) is 0 Å². The molecule has 1 aromatic carbocycles. The Hall–Kier alpha value is -2.56. The van der Waals surface area contributed by atoms with Crippen LogP contribution in [0.2, 0.25) is 0 Å². The highest BCUT2D eigenvalue weighted by molar-refractivity contribution is 6.05. The molecule has 1 N–H and O–H groups in total. The van der Waals surface area contributed by atoms with Crippen LogP contribution in [0.25, 0.3) is 0 Å². The molecule has 20 heavy (non-hydrogen) atoms. The van der Waals surface area contributed by atoms with E-state index in [1.54, 1.807) is 12.4 Å². The van der Waals surface area contributed by atoms with Gasteiger partial charge in [0.1, 0.15) is 23.8 Å². The number of oxime groups is 1. The van der Waals surface area contributed by atoms with Gasteiger partial charge in [0, 0.05) is 30.4 Å². The normalized spacial score (nSPS) is 14.9. The summed E-state index contributed by atoms with van der Waals surface area (Å²) in [5.74, 6) is 1.44. The van der Waals surface area contributed by atoms with Gasteiger partial charge >= 0.3 is 0 Å². The van der Waals surface area contributed by atoms with Crippen LogP contribution in [0.3, 0.4) is 0 Å². The molecule has 0 bridgehead atoms. The summed E-state index contributed by atoms with van der Waals surface area (Å²) in [6.07, 6.45) is 4.37. The van der Waals surface area contributed by atoms with E-state index in [9.17, 15) is 0 Å². The Balaban J connectivity index is 1.62. The second-order valence-corrected chi connectivity index (χ2v) is 4.45. The van der Waals surface area contributed by atoms with Gasteiger partial charge < -0.3 is 14.7 Å². The third kappa shape index (κ3) is 2.56. The molecule has 0 unspecified atom stereocenters. The van der Waals surface area contributed by atoms with E-state index in [0.29, 0.717) is 24.7 Å². The van der Waals surface area contributed by atoms with E-state index < -0.39 is 0 Å². The maximum absolute atomic E-state index is 8.82. The molecule has 1 aliphatic rings. The van der Waals surface area contributed by atoms with E-state index in [1.807, 2.05) is 30.3 Å². The van der Waals surface area contributed by atoms with Crippen LogP contribution >= 0.6 is 0 Å². The molecule has 0 aliphatic carbocycles. The second-order valence-electron chi connectivity index (χ2n) is 4.45. The van der Waals surface area contributed by atoms with E-state index in [4.69, 9.17) is 14.7 Å². The largest absolute Gasteiger partial charge is 0.493 e. The fourth-order valence-corrected chi connectivity index (χ4v) is 2.09. The Kier molecular flexibility index (Phi) is 3.50. The third-order valence-electron chi connectivity index (χ3n) is 3.16. The standard InChI is InChI=1S/C15H14N2O3/c18-17-14-10-20-15-9-12(1-2-13(14)15)19-8-5-11-3-6-16-7-4-11/h1-4,6-7,9,18H,5,8,10H2. The number of benzene rings is 1. The minimum Gasteiger partial charge on any atom is -0.493 e. The van der Waals surface area contributed by atoms with Crippen molar-refractivity contribution in [1.29, 1.82) is 0 Å². The summed E-state index contributed by atoms with van der Waals surface area (Å²) in [4.78, 5) is 3.98. The van der Waals surface area contributed by atoms with Crippen LogP contribution < -0.4 is 9.47 Å². The number of fused-ring (bicyclic) bond motifs is 1. The van der Waals surface area contributed by atoms with E-state index in [0.717, 1.165) is 17.7 Å². The van der Waals surface area contributed by atoms with Crippen molar-refractivity contribution in [3.63, 3.8) is 0 Å². The van der Waals surface area contributed by atoms with Crippen molar-refractivity contribution in [1.82, 2.24) is 4.98 Å². The minimum absolute atomic E-state index is 0.298. The molecule has 3 rings (SSSR count). The van der Waals surface area contributed by atoms with Crippen LogP contribution in [0.1, 0.15) is 11.1 Å². The number of ether oxygens (including phenoxy) is 2. The Morgan fingerprint density at radius 2 is 2.10 bits per heavy atom. The van der Waals surface area contributed by atoms with Crippen LogP contribution in [0.5, 0.6) is 11.5 Å². The average molecular weight is 270 g/mol. The van der Waals surface area contributed by atoms with Gasteiger partial charge in [-0.15, -0.1) is 0 Å². The first kappa shape index (κ1) is 12.5. The van der Waals surface area contributed by atoms with Crippen molar-refractivity contribution in [2.45, 2.75) is 6.42 Å². The fourth-order valence-electron chi connectivity index (χ4n) is 2.09. The van der Waals surface area contributed by atoms with Gasteiger partial charge in [-0.2, -0.15) is 0 Å². The summed E-state index contributed by atoms with van der Waals surface area (Å²) in [5.41, 5.74) is 2.55. The van der Waals surface area contributed by atoms with E-state index >= 15 is 0 Å². The Labute approximate surface area is 116 Å². The molecule has 2 heterocycles. The number of rotatable bonds is 4. The molecule has 0 saturated heterocycles. The lowest BCUT2D eigenvalue weighted by Gasteiger charge is -2.07. The molecule has 5 nitrogen and oxygen atoms in total. The van der Waals surface area contributed by atoms with E-state index in [1.165, 1.54) is 5.56 Å². The molecular formula is C15H14N2O3. The molecule has 0 saturated carbocycles. The number of hydrogen-bond acceptors (Lipinski definition) is 5. The highest BCUT2D eigenvalue weighted by Gasteiger charge is 2.20. The van der Waals surface area contributed by atoms with Crippen molar-refractivity contribution >= 4 is 5.71 Å². The van der Waals surface area contributed by atoms with Gasteiger partial charge in [0.15, 0.2) is 0 Å². The van der Waals surface area contributed by atoms with Crippen molar-refractivity contribution in [3.05, 3.63) is 53.9 Å². The molecule has 2 aromatic rings. The molecule has 1 aromatic heterocycles.